The van der Waals surface area contributed by atoms with Gasteiger partial charge >= 0.3 is 0 Å². The molecule has 6 aromatic carbocycles. The molecule has 0 aromatic heterocycles. The lowest BCUT2D eigenvalue weighted by atomic mass is 9.87. The van der Waals surface area contributed by atoms with E-state index in [1.165, 1.54) is 11.0 Å². The minimum atomic E-state index is -1.02. The van der Waals surface area contributed by atoms with Crippen molar-refractivity contribution in [1.82, 2.24) is 0 Å². The second-order valence-corrected chi connectivity index (χ2v) is 12.3. The molecule has 0 radical (unpaired) electrons. The summed E-state index contributed by atoms with van der Waals surface area (Å²) in [5, 5.41) is 66.7. The van der Waals surface area contributed by atoms with Gasteiger partial charge in [-0.25, -0.2) is 0 Å². The quantitative estimate of drug-likeness (QED) is 0.0841. The SMILES string of the molecule is CCc1cccc(N(C(=O)c2c(O)c(O)cc3c(O)c(-c4c(C)cc5c(C(N)=O)c(O)c(O)cc5c4O)c(C)cc23)c2cccc(CC)c2)c1. The highest BCUT2D eigenvalue weighted by Gasteiger charge is 2.30. The highest BCUT2D eigenvalue weighted by atomic mass is 16.3. The molecule has 0 saturated heterocycles. The summed E-state index contributed by atoms with van der Waals surface area (Å²) in [4.78, 5) is 28.4. The predicted octanol–water partition coefficient (Wildman–Crippen LogP) is 7.71. The Labute approximate surface area is 287 Å². The van der Waals surface area contributed by atoms with Crippen molar-refractivity contribution in [2.45, 2.75) is 40.5 Å². The molecule has 2 amide bonds. The summed E-state index contributed by atoms with van der Waals surface area (Å²) in [6.45, 7) is 7.26. The Hall–Kier alpha value is -6.42. The molecule has 10 heteroatoms. The number of amides is 2. The van der Waals surface area contributed by atoms with Crippen LogP contribution in [0.5, 0.6) is 34.5 Å². The lowest BCUT2D eigenvalue weighted by Crippen LogP contribution is -2.26. The molecule has 0 atom stereocenters. The number of benzene rings is 6. The number of phenols is 6. The summed E-state index contributed by atoms with van der Waals surface area (Å²) >= 11 is 0. The predicted molar refractivity (Wildman–Crippen MR) is 193 cm³/mol. The van der Waals surface area contributed by atoms with E-state index in [-0.39, 0.29) is 43.8 Å². The monoisotopic (exact) mass is 672 g/mol. The highest BCUT2D eigenvalue weighted by Crippen LogP contribution is 2.51. The number of rotatable bonds is 7. The fourth-order valence-corrected chi connectivity index (χ4v) is 6.68. The number of hydrogen-bond donors (Lipinski definition) is 7. The van der Waals surface area contributed by atoms with Crippen molar-refractivity contribution in [1.29, 1.82) is 0 Å². The second-order valence-electron chi connectivity index (χ2n) is 12.3. The van der Waals surface area contributed by atoms with Crippen LogP contribution >= 0.6 is 0 Å². The molecular weight excluding hydrogens is 636 g/mol. The average molecular weight is 673 g/mol. The number of anilines is 2. The standard InChI is InChI=1S/C40H36N2O8/c1-5-21-9-7-11-23(15-21)42(24-12-8-10-22(6-2)16-24)40(50)34-26-14-20(4)32(36(46)28(26)18-30(44)38(34)48)31-19(3)13-25-27(35(31)45)17-29(43)37(47)33(25)39(41)49/h7-18,43-48H,5-6H2,1-4H3,(H2,41,49). The van der Waals surface area contributed by atoms with Crippen molar-refractivity contribution in [3.8, 4) is 45.6 Å². The van der Waals surface area contributed by atoms with Gasteiger partial charge < -0.3 is 36.4 Å². The van der Waals surface area contributed by atoms with Crippen LogP contribution in [0.1, 0.15) is 56.8 Å². The number of nitrogens with two attached hydrogens (primary N) is 1. The third-order valence-electron chi connectivity index (χ3n) is 9.20. The first kappa shape index (κ1) is 33.5. The van der Waals surface area contributed by atoms with Gasteiger partial charge in [-0.15, -0.1) is 0 Å². The fourth-order valence-electron chi connectivity index (χ4n) is 6.68. The van der Waals surface area contributed by atoms with Crippen LogP contribution in [0, 0.1) is 13.8 Å². The van der Waals surface area contributed by atoms with E-state index in [2.05, 4.69) is 0 Å². The van der Waals surface area contributed by atoms with Crippen LogP contribution < -0.4 is 10.6 Å². The van der Waals surface area contributed by atoms with Crippen LogP contribution in [0.3, 0.4) is 0 Å². The summed E-state index contributed by atoms with van der Waals surface area (Å²) in [6, 6.07) is 20.2. The van der Waals surface area contributed by atoms with Crippen molar-refractivity contribution in [3.05, 3.63) is 106 Å². The van der Waals surface area contributed by atoms with Crippen molar-refractivity contribution < 1.29 is 40.2 Å². The molecule has 254 valence electrons. The van der Waals surface area contributed by atoms with Crippen molar-refractivity contribution >= 4 is 44.7 Å². The Morgan fingerprint density at radius 2 is 1.00 bits per heavy atom. The molecule has 6 rings (SSSR count). The molecule has 0 aliphatic carbocycles. The normalized spacial score (nSPS) is 11.3. The summed E-state index contributed by atoms with van der Waals surface area (Å²) < 4.78 is 0. The maximum atomic E-state index is 14.8. The molecule has 0 unspecified atom stereocenters. The van der Waals surface area contributed by atoms with E-state index in [0.29, 0.717) is 35.3 Å². The van der Waals surface area contributed by atoms with Gasteiger partial charge in [0.15, 0.2) is 23.0 Å². The minimum absolute atomic E-state index is 0.0130. The Morgan fingerprint density at radius 1 is 0.580 bits per heavy atom. The molecule has 0 saturated carbocycles. The van der Waals surface area contributed by atoms with Crippen molar-refractivity contribution in [2.24, 2.45) is 5.73 Å². The molecular formula is C40H36N2O8. The summed E-state index contributed by atoms with van der Waals surface area (Å²) in [6.07, 6.45) is 1.43. The zero-order valence-electron chi connectivity index (χ0n) is 27.9. The molecule has 0 aliphatic rings. The van der Waals surface area contributed by atoms with Crippen molar-refractivity contribution in [2.75, 3.05) is 4.90 Å². The molecule has 0 bridgehead atoms. The van der Waals surface area contributed by atoms with Crippen LogP contribution in [-0.2, 0) is 12.8 Å². The van der Waals surface area contributed by atoms with Gasteiger partial charge in [-0.1, -0.05) is 38.1 Å². The maximum absolute atomic E-state index is 14.8. The number of carbonyl (C=O) groups is 2. The molecule has 0 heterocycles. The minimum Gasteiger partial charge on any atom is -0.507 e. The van der Waals surface area contributed by atoms with E-state index in [0.717, 1.165) is 23.3 Å². The Balaban J connectivity index is 1.63. The van der Waals surface area contributed by atoms with Crippen LogP contribution in [0.25, 0.3) is 32.7 Å². The number of nitrogens with zero attached hydrogens (tertiary/aromatic N) is 1. The molecule has 0 aliphatic heterocycles. The number of primary amides is 1. The zero-order valence-corrected chi connectivity index (χ0v) is 27.9. The Morgan fingerprint density at radius 3 is 1.42 bits per heavy atom. The molecule has 6 aromatic rings. The first-order valence-corrected chi connectivity index (χ1v) is 16.0. The van der Waals surface area contributed by atoms with E-state index in [1.54, 1.807) is 32.0 Å². The number of fused-ring (bicyclic) bond motifs is 2. The Bertz CT molecular complexity index is 2350. The van der Waals surface area contributed by atoms with E-state index in [1.807, 2.05) is 50.2 Å². The molecule has 10 nitrogen and oxygen atoms in total. The second kappa shape index (κ2) is 12.6. The molecule has 0 spiro atoms. The third-order valence-corrected chi connectivity index (χ3v) is 9.20. The summed E-state index contributed by atoms with van der Waals surface area (Å²) in [5.74, 6) is -5.25. The first-order chi connectivity index (χ1) is 23.8. The summed E-state index contributed by atoms with van der Waals surface area (Å²) in [7, 11) is 0. The lowest BCUT2D eigenvalue weighted by Gasteiger charge is -2.26. The van der Waals surface area contributed by atoms with Gasteiger partial charge in [0.1, 0.15) is 11.5 Å². The Kier molecular flexibility index (Phi) is 8.41. The molecule has 0 fully saturated rings. The number of phenolic OH excluding ortho intramolecular Hbond substituents is 5. The van der Waals surface area contributed by atoms with Gasteiger partial charge in [0.2, 0.25) is 0 Å². The number of carbonyl (C=O) groups excluding carboxylic acids is 2. The van der Waals surface area contributed by atoms with Gasteiger partial charge in [0.25, 0.3) is 11.8 Å². The van der Waals surface area contributed by atoms with Gasteiger partial charge in [-0.3, -0.25) is 14.5 Å². The number of aryl methyl sites for hydroxylation is 4. The number of aromatic hydroxyl groups is 6. The van der Waals surface area contributed by atoms with E-state index in [9.17, 15) is 40.2 Å². The van der Waals surface area contributed by atoms with Gasteiger partial charge in [-0.2, -0.15) is 0 Å². The van der Waals surface area contributed by atoms with Gasteiger partial charge in [0.05, 0.1) is 11.1 Å². The van der Waals surface area contributed by atoms with Crippen LogP contribution in [0.2, 0.25) is 0 Å². The largest absolute Gasteiger partial charge is 0.507 e. The summed E-state index contributed by atoms with van der Waals surface area (Å²) in [5.41, 5.74) is 8.92. The third kappa shape index (κ3) is 5.31. The lowest BCUT2D eigenvalue weighted by molar-refractivity contribution is 0.0989. The van der Waals surface area contributed by atoms with Gasteiger partial charge in [0, 0.05) is 44.0 Å². The topological polar surface area (TPSA) is 185 Å². The highest BCUT2D eigenvalue weighted by molar-refractivity contribution is 6.21. The van der Waals surface area contributed by atoms with E-state index in [4.69, 9.17) is 5.73 Å². The molecule has 50 heavy (non-hydrogen) atoms. The van der Waals surface area contributed by atoms with E-state index < -0.39 is 46.3 Å². The van der Waals surface area contributed by atoms with Crippen LogP contribution in [0.4, 0.5) is 11.4 Å². The average Bonchev–Trinajstić information content (AvgIpc) is 3.08. The zero-order chi connectivity index (χ0) is 36.2. The fraction of sp³-hybridized carbons (Fsp3) is 0.150. The van der Waals surface area contributed by atoms with E-state index >= 15 is 0 Å². The first-order valence-electron chi connectivity index (χ1n) is 16.0. The van der Waals surface area contributed by atoms with Gasteiger partial charge in [-0.05, 0) is 97.5 Å². The van der Waals surface area contributed by atoms with Crippen LogP contribution in [0.15, 0.2) is 72.8 Å². The molecule has 8 N–H and O–H groups in total. The maximum Gasteiger partial charge on any atom is 0.267 e. The number of hydrogen-bond acceptors (Lipinski definition) is 8. The smallest absolute Gasteiger partial charge is 0.267 e. The van der Waals surface area contributed by atoms with Crippen molar-refractivity contribution in [3.63, 3.8) is 0 Å². The van der Waals surface area contributed by atoms with Crippen LogP contribution in [-0.4, -0.2) is 42.5 Å².